The normalized spacial score (nSPS) is 14.0. The minimum atomic E-state index is -3.06. The third-order valence-electron chi connectivity index (χ3n) is 4.14. The third-order valence-corrected chi connectivity index (χ3v) is 6.83. The van der Waals surface area contributed by atoms with E-state index in [0.717, 1.165) is 18.4 Å². The Labute approximate surface area is 144 Å². The zero-order chi connectivity index (χ0) is 17.8. The molecule has 0 aliphatic carbocycles. The van der Waals surface area contributed by atoms with Gasteiger partial charge in [-0.1, -0.05) is 12.5 Å². The Bertz CT molecular complexity index is 686. The average molecular weight is 354 g/mol. The maximum absolute atomic E-state index is 12.0. The van der Waals surface area contributed by atoms with Crippen molar-refractivity contribution in [1.82, 2.24) is 0 Å². The van der Waals surface area contributed by atoms with Crippen LogP contribution in [0.25, 0.3) is 0 Å². The molecular weight excluding hydrogens is 328 g/mol. The van der Waals surface area contributed by atoms with Gasteiger partial charge in [-0.25, -0.2) is 8.42 Å². The molecule has 0 bridgehead atoms. The van der Waals surface area contributed by atoms with Gasteiger partial charge in [0.2, 0.25) is 6.79 Å². The number of carbonyl (C=O) groups is 1. The van der Waals surface area contributed by atoms with E-state index >= 15 is 0 Å². The highest BCUT2D eigenvalue weighted by Gasteiger charge is 2.27. The maximum Gasteiger partial charge on any atom is 0.231 e. The van der Waals surface area contributed by atoms with Crippen molar-refractivity contribution in [3.8, 4) is 11.5 Å². The number of ether oxygens (including phenoxy) is 2. The van der Waals surface area contributed by atoms with Crippen LogP contribution in [-0.2, 0) is 21.1 Å². The number of ketones is 1. The number of hydrogen-bond acceptors (Lipinski definition) is 5. The fourth-order valence-electron chi connectivity index (χ4n) is 2.46. The first-order valence-corrected chi connectivity index (χ1v) is 9.97. The van der Waals surface area contributed by atoms with Gasteiger partial charge >= 0.3 is 0 Å². The summed E-state index contributed by atoms with van der Waals surface area (Å²) < 4.78 is 33.8. The summed E-state index contributed by atoms with van der Waals surface area (Å²) in [5.41, 5.74) is 0.916. The SMILES string of the molecule is CC(C)(C)S(=O)(=O)CCCCCC(=O)Cc1ccc2c(c1)OCO2. The monoisotopic (exact) mass is 354 g/mol. The second-order valence-corrected chi connectivity index (χ2v) is 10.0. The Hall–Kier alpha value is -1.56. The molecule has 0 fully saturated rings. The average Bonchev–Trinajstić information content (AvgIpc) is 2.93. The summed E-state index contributed by atoms with van der Waals surface area (Å²) in [6.07, 6.45) is 2.93. The molecule has 6 heteroatoms. The molecule has 0 spiro atoms. The molecule has 24 heavy (non-hydrogen) atoms. The molecule has 0 N–H and O–H groups in total. The van der Waals surface area contributed by atoms with Crippen LogP contribution in [0.3, 0.4) is 0 Å². The van der Waals surface area contributed by atoms with Crippen LogP contribution in [-0.4, -0.2) is 31.5 Å². The van der Waals surface area contributed by atoms with Crippen molar-refractivity contribution in [2.45, 2.75) is 57.6 Å². The van der Waals surface area contributed by atoms with E-state index in [1.807, 2.05) is 18.2 Å². The number of hydrogen-bond donors (Lipinski definition) is 0. The van der Waals surface area contributed by atoms with Gasteiger partial charge in [-0.3, -0.25) is 4.79 Å². The smallest absolute Gasteiger partial charge is 0.231 e. The van der Waals surface area contributed by atoms with Crippen molar-refractivity contribution < 1.29 is 22.7 Å². The minimum Gasteiger partial charge on any atom is -0.454 e. The lowest BCUT2D eigenvalue weighted by Gasteiger charge is -2.18. The molecule has 0 atom stereocenters. The number of carbonyl (C=O) groups excluding carboxylic acids is 1. The molecule has 2 rings (SSSR count). The number of Topliss-reactive ketones (excluding diaryl/α,β-unsaturated/α-hetero) is 1. The number of fused-ring (bicyclic) bond motifs is 1. The topological polar surface area (TPSA) is 69.7 Å². The van der Waals surface area contributed by atoms with Gasteiger partial charge in [0.1, 0.15) is 5.78 Å². The molecule has 0 saturated heterocycles. The van der Waals surface area contributed by atoms with Gasteiger partial charge in [0.05, 0.1) is 10.5 Å². The maximum atomic E-state index is 12.0. The highest BCUT2D eigenvalue weighted by atomic mass is 32.2. The lowest BCUT2D eigenvalue weighted by atomic mass is 10.0. The highest BCUT2D eigenvalue weighted by Crippen LogP contribution is 2.32. The Morgan fingerprint density at radius 1 is 1.08 bits per heavy atom. The van der Waals surface area contributed by atoms with Crippen LogP contribution < -0.4 is 9.47 Å². The zero-order valence-electron chi connectivity index (χ0n) is 14.6. The van der Waals surface area contributed by atoms with Crippen LogP contribution in [0, 0.1) is 0 Å². The number of unbranched alkanes of at least 4 members (excludes halogenated alkanes) is 2. The molecule has 0 radical (unpaired) electrons. The Morgan fingerprint density at radius 2 is 1.79 bits per heavy atom. The number of rotatable bonds is 8. The standard InChI is InChI=1S/C18H26O5S/c1-18(2,3)24(20,21)10-6-4-5-7-15(19)11-14-8-9-16-17(12-14)23-13-22-16/h8-9,12H,4-7,10-11,13H2,1-3H3. The summed E-state index contributed by atoms with van der Waals surface area (Å²) in [5.74, 6) is 1.75. The summed E-state index contributed by atoms with van der Waals surface area (Å²) in [6, 6.07) is 5.54. The van der Waals surface area contributed by atoms with Crippen LogP contribution in [0.4, 0.5) is 0 Å². The summed E-state index contributed by atoms with van der Waals surface area (Å²) in [5, 5.41) is 0. The quantitative estimate of drug-likeness (QED) is 0.670. The van der Waals surface area contributed by atoms with Crippen molar-refractivity contribution in [2.24, 2.45) is 0 Å². The van der Waals surface area contributed by atoms with Crippen LogP contribution in [0.1, 0.15) is 52.0 Å². The second kappa shape index (κ2) is 7.55. The van der Waals surface area contributed by atoms with E-state index in [0.29, 0.717) is 30.8 Å². The predicted octanol–water partition coefficient (Wildman–Crippen LogP) is 3.30. The van der Waals surface area contributed by atoms with Crippen molar-refractivity contribution in [1.29, 1.82) is 0 Å². The molecule has 1 aromatic rings. The van der Waals surface area contributed by atoms with Crippen LogP contribution in [0.15, 0.2) is 18.2 Å². The van der Waals surface area contributed by atoms with E-state index in [9.17, 15) is 13.2 Å². The Balaban J connectivity index is 1.69. The Morgan fingerprint density at radius 3 is 2.50 bits per heavy atom. The second-order valence-electron chi connectivity index (χ2n) is 7.14. The van der Waals surface area contributed by atoms with Gasteiger partial charge < -0.3 is 9.47 Å². The van der Waals surface area contributed by atoms with E-state index in [1.165, 1.54) is 0 Å². The van der Waals surface area contributed by atoms with Gasteiger partial charge in [-0.15, -0.1) is 0 Å². The molecular formula is C18H26O5S. The molecule has 0 saturated carbocycles. The predicted molar refractivity (Wildman–Crippen MR) is 93.3 cm³/mol. The first-order valence-electron chi connectivity index (χ1n) is 8.31. The summed E-state index contributed by atoms with van der Waals surface area (Å²) in [4.78, 5) is 12.0. The van der Waals surface area contributed by atoms with Crippen molar-refractivity contribution in [2.75, 3.05) is 12.5 Å². The van der Waals surface area contributed by atoms with Crippen LogP contribution in [0.2, 0.25) is 0 Å². The van der Waals surface area contributed by atoms with E-state index in [1.54, 1.807) is 20.8 Å². The number of sulfone groups is 1. The van der Waals surface area contributed by atoms with Gasteiger partial charge in [0, 0.05) is 12.8 Å². The van der Waals surface area contributed by atoms with E-state index < -0.39 is 14.6 Å². The molecule has 0 unspecified atom stereocenters. The summed E-state index contributed by atoms with van der Waals surface area (Å²) in [7, 11) is -3.06. The zero-order valence-corrected chi connectivity index (χ0v) is 15.4. The molecule has 0 aromatic heterocycles. The van der Waals surface area contributed by atoms with Gasteiger partial charge in [-0.05, 0) is 51.3 Å². The molecule has 1 aromatic carbocycles. The first-order chi connectivity index (χ1) is 11.2. The van der Waals surface area contributed by atoms with E-state index in [4.69, 9.17) is 9.47 Å². The molecule has 134 valence electrons. The fraction of sp³-hybridized carbons (Fsp3) is 0.611. The van der Waals surface area contributed by atoms with Gasteiger partial charge in [0.25, 0.3) is 0 Å². The largest absolute Gasteiger partial charge is 0.454 e. The molecule has 1 aliphatic rings. The molecule has 0 amide bonds. The lowest BCUT2D eigenvalue weighted by Crippen LogP contribution is -2.30. The summed E-state index contributed by atoms with van der Waals surface area (Å²) in [6.45, 7) is 5.38. The molecule has 1 heterocycles. The third kappa shape index (κ3) is 4.97. The number of benzene rings is 1. The molecule has 1 aliphatic heterocycles. The minimum absolute atomic E-state index is 0.160. The van der Waals surface area contributed by atoms with Crippen molar-refractivity contribution in [3.63, 3.8) is 0 Å². The Kier molecular flexibility index (Phi) is 5.91. The van der Waals surface area contributed by atoms with E-state index in [-0.39, 0.29) is 18.3 Å². The van der Waals surface area contributed by atoms with Crippen LogP contribution >= 0.6 is 0 Å². The van der Waals surface area contributed by atoms with Gasteiger partial charge in [-0.2, -0.15) is 0 Å². The fourth-order valence-corrected chi connectivity index (χ4v) is 3.66. The van der Waals surface area contributed by atoms with Gasteiger partial charge in [0.15, 0.2) is 21.3 Å². The van der Waals surface area contributed by atoms with Crippen LogP contribution in [0.5, 0.6) is 11.5 Å². The first kappa shape index (κ1) is 18.8. The summed E-state index contributed by atoms with van der Waals surface area (Å²) >= 11 is 0. The van der Waals surface area contributed by atoms with E-state index in [2.05, 4.69) is 0 Å². The van der Waals surface area contributed by atoms with Crippen molar-refractivity contribution >= 4 is 15.6 Å². The lowest BCUT2D eigenvalue weighted by molar-refractivity contribution is -0.118. The van der Waals surface area contributed by atoms with Crippen molar-refractivity contribution in [3.05, 3.63) is 23.8 Å². The highest BCUT2D eigenvalue weighted by molar-refractivity contribution is 7.92. The molecule has 5 nitrogen and oxygen atoms in total.